The van der Waals surface area contributed by atoms with E-state index < -0.39 is 17.2 Å². The lowest BCUT2D eigenvalue weighted by Crippen LogP contribution is -2.36. The van der Waals surface area contributed by atoms with Crippen LogP contribution in [0.4, 0.5) is 0 Å². The van der Waals surface area contributed by atoms with E-state index in [-0.39, 0.29) is 17.8 Å². The fourth-order valence-electron chi connectivity index (χ4n) is 1.76. The third kappa shape index (κ3) is 2.27. The maximum absolute atomic E-state index is 11.9. The number of rotatable bonds is 3. The van der Waals surface area contributed by atoms with Crippen LogP contribution in [-0.4, -0.2) is 31.7 Å². The molecule has 2 aromatic rings. The molecular weight excluding hydrogens is 264 g/mol. The van der Waals surface area contributed by atoms with E-state index in [4.69, 9.17) is 4.74 Å². The second-order valence-corrected chi connectivity index (χ2v) is 4.11. The van der Waals surface area contributed by atoms with Gasteiger partial charge in [0.15, 0.2) is 5.65 Å². The van der Waals surface area contributed by atoms with Crippen molar-refractivity contribution in [3.63, 3.8) is 0 Å². The van der Waals surface area contributed by atoms with Crippen molar-refractivity contribution in [3.8, 4) is 0 Å². The van der Waals surface area contributed by atoms with E-state index >= 15 is 0 Å². The molecule has 106 valence electrons. The molecule has 0 aliphatic rings. The summed E-state index contributed by atoms with van der Waals surface area (Å²) in [5.74, 6) is -0.207. The monoisotopic (exact) mass is 278 g/mol. The molecule has 0 aliphatic carbocycles. The number of H-pyrrole nitrogens is 1. The van der Waals surface area contributed by atoms with Crippen LogP contribution in [0.2, 0.25) is 0 Å². The third-order valence-corrected chi connectivity index (χ3v) is 2.78. The lowest BCUT2D eigenvalue weighted by atomic mass is 10.5. The van der Waals surface area contributed by atoms with E-state index in [1.54, 1.807) is 6.92 Å². The van der Waals surface area contributed by atoms with Crippen molar-refractivity contribution >= 4 is 23.2 Å². The van der Waals surface area contributed by atoms with Crippen molar-refractivity contribution in [2.24, 2.45) is 14.1 Å². The molecule has 0 spiro atoms. The Balaban J connectivity index is 2.53. The normalized spacial score (nSPS) is 11.3. The highest BCUT2D eigenvalue weighted by Gasteiger charge is 2.12. The number of aromatic amines is 1. The van der Waals surface area contributed by atoms with Gasteiger partial charge in [-0.1, -0.05) is 0 Å². The van der Waals surface area contributed by atoms with E-state index in [9.17, 15) is 14.4 Å². The SMILES string of the molecule is CCOC(=O)/C=C/c1nc2c([nH]1)c(=O)n(C)c(=O)n2C. The first-order valence-corrected chi connectivity index (χ1v) is 5.96. The Morgan fingerprint density at radius 2 is 2.05 bits per heavy atom. The molecule has 0 unspecified atom stereocenters. The second-order valence-electron chi connectivity index (χ2n) is 4.11. The lowest BCUT2D eigenvalue weighted by molar-refractivity contribution is -0.137. The minimum absolute atomic E-state index is 0.207. The maximum Gasteiger partial charge on any atom is 0.332 e. The van der Waals surface area contributed by atoms with E-state index in [0.29, 0.717) is 5.82 Å². The summed E-state index contributed by atoms with van der Waals surface area (Å²) in [6.45, 7) is 1.98. The molecule has 0 bridgehead atoms. The molecule has 0 amide bonds. The number of aromatic nitrogens is 4. The first-order valence-electron chi connectivity index (χ1n) is 5.96. The molecule has 8 nitrogen and oxygen atoms in total. The number of aryl methyl sites for hydroxylation is 1. The van der Waals surface area contributed by atoms with Gasteiger partial charge < -0.3 is 9.72 Å². The van der Waals surface area contributed by atoms with Crippen LogP contribution in [-0.2, 0) is 23.6 Å². The highest BCUT2D eigenvalue weighted by Crippen LogP contribution is 2.05. The predicted octanol–water partition coefficient (Wildman–Crippen LogP) is -0.463. The van der Waals surface area contributed by atoms with Crippen LogP contribution in [0.3, 0.4) is 0 Å². The van der Waals surface area contributed by atoms with Gasteiger partial charge in [-0.3, -0.25) is 13.9 Å². The van der Waals surface area contributed by atoms with Crippen LogP contribution in [0.5, 0.6) is 0 Å². The molecule has 0 saturated heterocycles. The minimum atomic E-state index is -0.505. The summed E-state index contributed by atoms with van der Waals surface area (Å²) in [4.78, 5) is 41.7. The highest BCUT2D eigenvalue weighted by atomic mass is 16.5. The molecule has 0 fully saturated rings. The molecular formula is C12H14N4O4. The van der Waals surface area contributed by atoms with Crippen LogP contribution in [0.1, 0.15) is 12.7 Å². The molecule has 0 aromatic carbocycles. The molecule has 1 N–H and O–H groups in total. The molecule has 0 aliphatic heterocycles. The van der Waals surface area contributed by atoms with Crippen molar-refractivity contribution in [1.82, 2.24) is 19.1 Å². The molecule has 0 radical (unpaired) electrons. The first-order chi connectivity index (χ1) is 9.45. The average Bonchev–Trinajstić information content (AvgIpc) is 2.85. The number of esters is 1. The van der Waals surface area contributed by atoms with Gasteiger partial charge in [-0.05, 0) is 13.0 Å². The van der Waals surface area contributed by atoms with Crippen molar-refractivity contribution in [2.45, 2.75) is 6.92 Å². The van der Waals surface area contributed by atoms with Crippen molar-refractivity contribution in [2.75, 3.05) is 6.61 Å². The van der Waals surface area contributed by atoms with Gasteiger partial charge >= 0.3 is 11.7 Å². The number of fused-ring (bicyclic) bond motifs is 1. The van der Waals surface area contributed by atoms with E-state index in [2.05, 4.69) is 9.97 Å². The van der Waals surface area contributed by atoms with Gasteiger partial charge in [-0.25, -0.2) is 14.6 Å². The van der Waals surface area contributed by atoms with Gasteiger partial charge in [0.25, 0.3) is 5.56 Å². The standard InChI is InChI=1S/C12H14N4O4/c1-4-20-8(17)6-5-7-13-9-10(14-7)15(2)12(19)16(3)11(9)18/h5-6H,4H2,1-3H3,(H,13,14)/b6-5+. The predicted molar refractivity (Wildman–Crippen MR) is 72.2 cm³/mol. The number of ether oxygens (including phenoxy) is 1. The smallest absolute Gasteiger partial charge is 0.332 e. The first kappa shape index (κ1) is 13.8. The van der Waals surface area contributed by atoms with Gasteiger partial charge in [0.1, 0.15) is 11.3 Å². The van der Waals surface area contributed by atoms with Crippen LogP contribution >= 0.6 is 0 Å². The molecule has 8 heteroatoms. The minimum Gasteiger partial charge on any atom is -0.463 e. The molecule has 2 aromatic heterocycles. The Hall–Kier alpha value is -2.64. The number of nitrogens with zero attached hydrogens (tertiary/aromatic N) is 3. The topological polar surface area (TPSA) is 99.0 Å². The molecule has 20 heavy (non-hydrogen) atoms. The number of nitrogens with one attached hydrogen (secondary N) is 1. The van der Waals surface area contributed by atoms with E-state index in [1.807, 2.05) is 0 Å². The van der Waals surface area contributed by atoms with E-state index in [0.717, 1.165) is 4.57 Å². The summed E-state index contributed by atoms with van der Waals surface area (Å²) < 4.78 is 6.98. The van der Waals surface area contributed by atoms with Gasteiger partial charge in [-0.15, -0.1) is 0 Å². The maximum atomic E-state index is 11.9. The van der Waals surface area contributed by atoms with Crippen molar-refractivity contribution in [3.05, 3.63) is 32.7 Å². The molecule has 0 atom stereocenters. The average molecular weight is 278 g/mol. The van der Waals surface area contributed by atoms with Crippen LogP contribution < -0.4 is 11.2 Å². The summed E-state index contributed by atoms with van der Waals surface area (Å²) in [6, 6.07) is 0. The van der Waals surface area contributed by atoms with E-state index in [1.165, 1.54) is 30.8 Å². The van der Waals surface area contributed by atoms with Crippen molar-refractivity contribution in [1.29, 1.82) is 0 Å². The Labute approximate surface area is 113 Å². The zero-order valence-electron chi connectivity index (χ0n) is 11.3. The van der Waals surface area contributed by atoms with Crippen LogP contribution in [0.15, 0.2) is 15.7 Å². The van der Waals surface area contributed by atoms with Gasteiger partial charge in [-0.2, -0.15) is 0 Å². The molecule has 0 saturated carbocycles. The number of hydrogen-bond acceptors (Lipinski definition) is 5. The fraction of sp³-hybridized carbons (Fsp3) is 0.333. The number of hydrogen-bond donors (Lipinski definition) is 1. The highest BCUT2D eigenvalue weighted by molar-refractivity contribution is 5.87. The van der Waals surface area contributed by atoms with Gasteiger partial charge in [0, 0.05) is 20.2 Å². The lowest BCUT2D eigenvalue weighted by Gasteiger charge is -2.00. The van der Waals surface area contributed by atoms with Crippen LogP contribution in [0, 0.1) is 0 Å². The summed E-state index contributed by atoms with van der Waals surface area (Å²) in [5, 5.41) is 0. The molecule has 2 rings (SSSR count). The quantitative estimate of drug-likeness (QED) is 0.605. The van der Waals surface area contributed by atoms with Gasteiger partial charge in [0.05, 0.1) is 6.61 Å². The summed E-state index contributed by atoms with van der Waals surface area (Å²) in [5.41, 5.74) is -0.485. The number of carbonyl (C=O) groups is 1. The third-order valence-electron chi connectivity index (χ3n) is 2.78. The van der Waals surface area contributed by atoms with Gasteiger partial charge in [0.2, 0.25) is 0 Å². The Morgan fingerprint density at radius 3 is 2.70 bits per heavy atom. The number of carbonyl (C=O) groups excluding carboxylic acids is 1. The summed E-state index contributed by atoms with van der Waals surface area (Å²) in [6.07, 6.45) is 2.59. The Kier molecular flexibility index (Phi) is 3.55. The zero-order chi connectivity index (χ0) is 14.9. The largest absolute Gasteiger partial charge is 0.463 e. The summed E-state index contributed by atoms with van der Waals surface area (Å²) >= 11 is 0. The second kappa shape index (κ2) is 5.16. The van der Waals surface area contributed by atoms with Crippen LogP contribution in [0.25, 0.3) is 17.2 Å². The Bertz CT molecular complexity index is 809. The zero-order valence-corrected chi connectivity index (χ0v) is 11.3. The number of imidazole rings is 1. The fourth-order valence-corrected chi connectivity index (χ4v) is 1.76. The Morgan fingerprint density at radius 1 is 1.35 bits per heavy atom. The van der Waals surface area contributed by atoms with Crippen molar-refractivity contribution < 1.29 is 9.53 Å². The summed E-state index contributed by atoms with van der Waals surface area (Å²) in [7, 11) is 2.91. The molecule has 2 heterocycles.